The highest BCUT2D eigenvalue weighted by Gasteiger charge is 2.32. The maximum atomic E-state index is 13.2. The molecule has 156 valence electrons. The standard InChI is InChI=1S/C21H18Cl2N2O4S/c1-14-4-2-5-15(12-14)30(26,27)25-10-11-28-19-8-9-20(24-21(19)25)29-13-16-17(22)6-3-7-18(16)23/h2-9,12H,10-11,13H2,1H3. The van der Waals surface area contributed by atoms with Crippen LogP contribution in [0.5, 0.6) is 11.6 Å². The van der Waals surface area contributed by atoms with Gasteiger partial charge in [0.25, 0.3) is 10.0 Å². The third-order valence-electron chi connectivity index (χ3n) is 4.61. The van der Waals surface area contributed by atoms with Gasteiger partial charge in [0.05, 0.1) is 11.4 Å². The molecule has 1 aromatic heterocycles. The third-order valence-corrected chi connectivity index (χ3v) is 7.10. The summed E-state index contributed by atoms with van der Waals surface area (Å²) in [6.45, 7) is 2.32. The highest BCUT2D eigenvalue weighted by molar-refractivity contribution is 7.92. The molecule has 0 radical (unpaired) electrons. The highest BCUT2D eigenvalue weighted by Crippen LogP contribution is 2.35. The van der Waals surface area contributed by atoms with Crippen LogP contribution >= 0.6 is 23.2 Å². The fourth-order valence-corrected chi connectivity index (χ4v) is 5.11. The lowest BCUT2D eigenvalue weighted by molar-refractivity contribution is 0.286. The van der Waals surface area contributed by atoms with Gasteiger partial charge in [-0.15, -0.1) is 0 Å². The lowest BCUT2D eigenvalue weighted by atomic mass is 10.2. The minimum Gasteiger partial charge on any atom is -0.488 e. The van der Waals surface area contributed by atoms with E-state index in [2.05, 4.69) is 4.98 Å². The Hall–Kier alpha value is -2.48. The molecular weight excluding hydrogens is 447 g/mol. The van der Waals surface area contributed by atoms with Gasteiger partial charge in [-0.1, -0.05) is 41.4 Å². The quantitative estimate of drug-likeness (QED) is 0.538. The van der Waals surface area contributed by atoms with E-state index in [9.17, 15) is 8.42 Å². The summed E-state index contributed by atoms with van der Waals surface area (Å²) in [7, 11) is -3.80. The second-order valence-electron chi connectivity index (χ2n) is 6.70. The number of rotatable bonds is 5. The molecule has 0 atom stereocenters. The zero-order valence-corrected chi connectivity index (χ0v) is 18.3. The van der Waals surface area contributed by atoms with Crippen molar-refractivity contribution in [1.29, 1.82) is 0 Å². The zero-order chi connectivity index (χ0) is 21.3. The van der Waals surface area contributed by atoms with Crippen LogP contribution < -0.4 is 13.8 Å². The molecule has 6 nitrogen and oxygen atoms in total. The van der Waals surface area contributed by atoms with Gasteiger partial charge < -0.3 is 9.47 Å². The summed E-state index contributed by atoms with van der Waals surface area (Å²) in [4.78, 5) is 4.60. The van der Waals surface area contributed by atoms with E-state index in [0.717, 1.165) is 5.56 Å². The largest absolute Gasteiger partial charge is 0.488 e. The number of ether oxygens (including phenoxy) is 2. The van der Waals surface area contributed by atoms with Gasteiger partial charge in [-0.3, -0.25) is 0 Å². The van der Waals surface area contributed by atoms with Crippen molar-refractivity contribution in [3.8, 4) is 11.6 Å². The first-order valence-corrected chi connectivity index (χ1v) is 11.3. The number of fused-ring (bicyclic) bond motifs is 1. The molecule has 3 aromatic rings. The number of hydrogen-bond acceptors (Lipinski definition) is 5. The van der Waals surface area contributed by atoms with Crippen LogP contribution in [0.2, 0.25) is 10.0 Å². The highest BCUT2D eigenvalue weighted by atomic mass is 35.5. The van der Waals surface area contributed by atoms with E-state index < -0.39 is 10.0 Å². The third kappa shape index (κ3) is 4.05. The molecule has 0 bridgehead atoms. The number of aryl methyl sites for hydroxylation is 1. The molecule has 1 aliphatic rings. The average molecular weight is 465 g/mol. The Morgan fingerprint density at radius 1 is 1.10 bits per heavy atom. The molecule has 0 unspecified atom stereocenters. The van der Waals surface area contributed by atoms with Gasteiger partial charge in [-0.05, 0) is 42.8 Å². The van der Waals surface area contributed by atoms with Gasteiger partial charge in [0.15, 0.2) is 11.6 Å². The van der Waals surface area contributed by atoms with Crippen LogP contribution in [0, 0.1) is 6.92 Å². The van der Waals surface area contributed by atoms with Crippen molar-refractivity contribution in [2.24, 2.45) is 0 Å². The number of pyridine rings is 1. The van der Waals surface area contributed by atoms with Crippen molar-refractivity contribution in [3.63, 3.8) is 0 Å². The van der Waals surface area contributed by atoms with Crippen LogP contribution in [-0.2, 0) is 16.6 Å². The van der Waals surface area contributed by atoms with Crippen molar-refractivity contribution >= 4 is 39.0 Å². The van der Waals surface area contributed by atoms with Crippen molar-refractivity contribution in [3.05, 3.63) is 75.8 Å². The molecule has 4 rings (SSSR count). The van der Waals surface area contributed by atoms with Crippen LogP contribution in [0.25, 0.3) is 0 Å². The van der Waals surface area contributed by atoms with E-state index in [1.54, 1.807) is 48.5 Å². The van der Waals surface area contributed by atoms with Gasteiger partial charge >= 0.3 is 0 Å². The molecule has 1 aliphatic heterocycles. The smallest absolute Gasteiger partial charge is 0.265 e. The van der Waals surface area contributed by atoms with Crippen molar-refractivity contribution in [2.45, 2.75) is 18.4 Å². The Kier molecular flexibility index (Phi) is 5.77. The SMILES string of the molecule is Cc1cccc(S(=O)(=O)N2CCOc3ccc(OCc4c(Cl)cccc4Cl)nc32)c1. The maximum Gasteiger partial charge on any atom is 0.265 e. The molecule has 9 heteroatoms. The number of hydrogen-bond donors (Lipinski definition) is 0. The van der Waals surface area contributed by atoms with Crippen LogP contribution in [-0.4, -0.2) is 26.6 Å². The Morgan fingerprint density at radius 3 is 2.57 bits per heavy atom. The average Bonchev–Trinajstić information content (AvgIpc) is 2.73. The van der Waals surface area contributed by atoms with E-state index in [-0.39, 0.29) is 36.4 Å². The lowest BCUT2D eigenvalue weighted by Gasteiger charge is -2.29. The number of nitrogens with zero attached hydrogens (tertiary/aromatic N) is 2. The number of halogens is 2. The maximum absolute atomic E-state index is 13.2. The summed E-state index contributed by atoms with van der Waals surface area (Å²) >= 11 is 12.4. The van der Waals surface area contributed by atoms with Gasteiger partial charge in [0.2, 0.25) is 5.88 Å². The molecule has 30 heavy (non-hydrogen) atoms. The number of aromatic nitrogens is 1. The second kappa shape index (κ2) is 8.34. The summed E-state index contributed by atoms with van der Waals surface area (Å²) in [5, 5.41) is 0.958. The van der Waals surface area contributed by atoms with Crippen LogP contribution in [0.4, 0.5) is 5.82 Å². The molecule has 0 saturated heterocycles. The Balaban J connectivity index is 1.65. The number of anilines is 1. The monoisotopic (exact) mass is 464 g/mol. The molecule has 0 amide bonds. The van der Waals surface area contributed by atoms with Crippen molar-refractivity contribution in [2.75, 3.05) is 17.5 Å². The van der Waals surface area contributed by atoms with Crippen LogP contribution in [0.1, 0.15) is 11.1 Å². The van der Waals surface area contributed by atoms with Crippen molar-refractivity contribution < 1.29 is 17.9 Å². The van der Waals surface area contributed by atoms with E-state index in [1.165, 1.54) is 4.31 Å². The first-order valence-electron chi connectivity index (χ1n) is 9.15. The van der Waals surface area contributed by atoms with Crippen LogP contribution in [0.3, 0.4) is 0 Å². The summed E-state index contributed by atoms with van der Waals surface area (Å²) < 4.78 is 39.1. The van der Waals surface area contributed by atoms with Crippen molar-refractivity contribution in [1.82, 2.24) is 4.98 Å². The first kappa shape index (κ1) is 20.8. The van der Waals surface area contributed by atoms with E-state index >= 15 is 0 Å². The Morgan fingerprint density at radius 2 is 1.83 bits per heavy atom. The topological polar surface area (TPSA) is 68.7 Å². The summed E-state index contributed by atoms with van der Waals surface area (Å²) in [5.41, 5.74) is 1.48. The van der Waals surface area contributed by atoms with E-state index in [4.69, 9.17) is 32.7 Å². The minimum atomic E-state index is -3.80. The van der Waals surface area contributed by atoms with Gasteiger partial charge in [-0.2, -0.15) is 4.98 Å². The second-order valence-corrected chi connectivity index (χ2v) is 9.38. The molecule has 0 fully saturated rings. The normalized spacial score (nSPS) is 13.5. The zero-order valence-electron chi connectivity index (χ0n) is 16.0. The summed E-state index contributed by atoms with van der Waals surface area (Å²) in [6, 6.07) is 15.2. The molecule has 0 N–H and O–H groups in total. The molecule has 2 aromatic carbocycles. The molecule has 0 saturated carbocycles. The summed E-state index contributed by atoms with van der Waals surface area (Å²) in [6.07, 6.45) is 0. The van der Waals surface area contributed by atoms with Crippen LogP contribution in [0.15, 0.2) is 59.5 Å². The van der Waals surface area contributed by atoms with E-state index in [0.29, 0.717) is 21.4 Å². The predicted molar refractivity (Wildman–Crippen MR) is 116 cm³/mol. The Bertz CT molecular complexity index is 1180. The molecule has 2 heterocycles. The first-order chi connectivity index (χ1) is 14.4. The van der Waals surface area contributed by atoms with Gasteiger partial charge in [0, 0.05) is 21.7 Å². The van der Waals surface area contributed by atoms with Gasteiger partial charge in [0.1, 0.15) is 13.2 Å². The predicted octanol–water partition coefficient (Wildman–Crippen LogP) is 4.86. The minimum absolute atomic E-state index is 0.0930. The van der Waals surface area contributed by atoms with E-state index in [1.807, 2.05) is 13.0 Å². The van der Waals surface area contributed by atoms with Gasteiger partial charge in [-0.25, -0.2) is 12.7 Å². The molecular formula is C21H18Cl2N2O4S. The number of sulfonamides is 1. The summed E-state index contributed by atoms with van der Waals surface area (Å²) in [5.74, 6) is 0.797. The Labute approximate surface area is 185 Å². The lowest BCUT2D eigenvalue weighted by Crippen LogP contribution is -2.38. The molecule has 0 aliphatic carbocycles. The number of benzene rings is 2. The fourth-order valence-electron chi connectivity index (χ4n) is 3.09. The molecule has 0 spiro atoms. The fraction of sp³-hybridized carbons (Fsp3) is 0.190.